The summed E-state index contributed by atoms with van der Waals surface area (Å²) >= 11 is 0. The molecule has 0 aliphatic carbocycles. The Morgan fingerprint density at radius 2 is 1.79 bits per heavy atom. The van der Waals surface area contributed by atoms with Crippen molar-refractivity contribution in [3.63, 3.8) is 0 Å². The number of ether oxygens (including phenoxy) is 1. The summed E-state index contributed by atoms with van der Waals surface area (Å²) in [4.78, 5) is 12.8. The lowest BCUT2D eigenvalue weighted by atomic mass is 9.73. The fraction of sp³-hybridized carbons (Fsp3) is 0.381. The summed E-state index contributed by atoms with van der Waals surface area (Å²) in [6.07, 6.45) is -1.54. The van der Waals surface area contributed by atoms with E-state index >= 15 is 0 Å². The molecule has 2 aromatic rings. The van der Waals surface area contributed by atoms with Gasteiger partial charge in [0.25, 0.3) is 6.43 Å². The quantitative estimate of drug-likeness (QED) is 0.739. The van der Waals surface area contributed by atoms with E-state index in [1.54, 1.807) is 18.2 Å². The van der Waals surface area contributed by atoms with Crippen LogP contribution in [0.5, 0.6) is 0 Å². The topological polar surface area (TPSA) is 38.3 Å². The third kappa shape index (κ3) is 4.52. The van der Waals surface area contributed by atoms with Crippen molar-refractivity contribution < 1.29 is 27.1 Å². The number of rotatable bonds is 6. The summed E-state index contributed by atoms with van der Waals surface area (Å²) in [6.45, 7) is 0.0111. The van der Waals surface area contributed by atoms with Gasteiger partial charge in [-0.2, -0.15) is 0 Å². The molecule has 0 unspecified atom stereocenters. The van der Waals surface area contributed by atoms with Gasteiger partial charge in [-0.15, -0.1) is 0 Å². The molecule has 1 heterocycles. The number of benzene rings is 2. The predicted molar refractivity (Wildman–Crippen MR) is 97.0 cm³/mol. The van der Waals surface area contributed by atoms with Crippen LogP contribution in [-0.2, 0) is 16.0 Å². The number of halogens is 4. The summed E-state index contributed by atoms with van der Waals surface area (Å²) in [5, 5.41) is 2.33. The van der Waals surface area contributed by atoms with E-state index in [2.05, 4.69) is 5.32 Å². The summed E-state index contributed by atoms with van der Waals surface area (Å²) in [5.41, 5.74) is 1.04. The first-order valence-electron chi connectivity index (χ1n) is 9.09. The molecule has 0 atom stereocenters. The minimum absolute atomic E-state index is 0.292. The van der Waals surface area contributed by atoms with Crippen LogP contribution in [0, 0.1) is 17.0 Å². The van der Waals surface area contributed by atoms with Crippen molar-refractivity contribution in [2.75, 3.05) is 19.8 Å². The van der Waals surface area contributed by atoms with E-state index < -0.39 is 35.9 Å². The Morgan fingerprint density at radius 3 is 2.46 bits per heavy atom. The average molecular weight is 395 g/mol. The summed E-state index contributed by atoms with van der Waals surface area (Å²) in [6, 6.07) is 10.8. The van der Waals surface area contributed by atoms with Crippen LogP contribution in [0.25, 0.3) is 11.1 Å². The van der Waals surface area contributed by atoms with Gasteiger partial charge in [-0.3, -0.25) is 4.79 Å². The van der Waals surface area contributed by atoms with Crippen molar-refractivity contribution in [3.05, 3.63) is 59.7 Å². The molecule has 1 fully saturated rings. The summed E-state index contributed by atoms with van der Waals surface area (Å²) in [5.74, 6) is -2.33. The average Bonchev–Trinajstić information content (AvgIpc) is 2.69. The molecule has 7 heteroatoms. The second kappa shape index (κ2) is 8.73. The third-order valence-electron chi connectivity index (χ3n) is 5.13. The molecule has 2 aromatic carbocycles. The van der Waals surface area contributed by atoms with Crippen molar-refractivity contribution in [3.8, 4) is 11.1 Å². The first kappa shape index (κ1) is 20.3. The highest BCUT2D eigenvalue weighted by Gasteiger charge is 2.40. The molecule has 28 heavy (non-hydrogen) atoms. The number of carbonyl (C=O) groups excluding carboxylic acids is 1. The highest BCUT2D eigenvalue weighted by molar-refractivity contribution is 5.83. The number of hydrogen-bond donors (Lipinski definition) is 1. The van der Waals surface area contributed by atoms with Gasteiger partial charge in [0.15, 0.2) is 11.6 Å². The van der Waals surface area contributed by atoms with Crippen LogP contribution < -0.4 is 5.32 Å². The maximum Gasteiger partial charge on any atom is 0.255 e. The Kier molecular flexibility index (Phi) is 6.34. The highest BCUT2D eigenvalue weighted by atomic mass is 19.3. The normalized spacial score (nSPS) is 16.2. The van der Waals surface area contributed by atoms with Gasteiger partial charge in [0, 0.05) is 13.2 Å². The van der Waals surface area contributed by atoms with Gasteiger partial charge in [0.2, 0.25) is 5.91 Å². The summed E-state index contributed by atoms with van der Waals surface area (Å²) < 4.78 is 57.5. The van der Waals surface area contributed by atoms with Crippen molar-refractivity contribution in [2.24, 2.45) is 5.41 Å². The van der Waals surface area contributed by atoms with Crippen molar-refractivity contribution in [2.45, 2.75) is 25.7 Å². The largest absolute Gasteiger partial charge is 0.381 e. The van der Waals surface area contributed by atoms with Crippen LogP contribution in [0.2, 0.25) is 0 Å². The maximum absolute atomic E-state index is 13.7. The second-order valence-corrected chi connectivity index (χ2v) is 6.96. The second-order valence-electron chi connectivity index (χ2n) is 6.96. The Labute approximate surface area is 160 Å². The molecular weight excluding hydrogens is 374 g/mol. The van der Waals surface area contributed by atoms with Gasteiger partial charge < -0.3 is 10.1 Å². The molecule has 3 nitrogen and oxygen atoms in total. The van der Waals surface area contributed by atoms with E-state index in [0.717, 1.165) is 17.7 Å². The number of amides is 1. The molecule has 1 amide bonds. The Balaban J connectivity index is 1.93. The minimum atomic E-state index is -2.63. The summed E-state index contributed by atoms with van der Waals surface area (Å²) in [7, 11) is 0. The Hall–Kier alpha value is -2.41. The van der Waals surface area contributed by atoms with Crippen molar-refractivity contribution >= 4 is 5.91 Å². The maximum atomic E-state index is 13.7. The molecule has 1 aliphatic rings. The van der Waals surface area contributed by atoms with Gasteiger partial charge in [-0.05, 0) is 48.1 Å². The van der Waals surface area contributed by atoms with Gasteiger partial charge in [-0.25, -0.2) is 17.6 Å². The van der Waals surface area contributed by atoms with Crippen LogP contribution in [0.15, 0.2) is 42.5 Å². The predicted octanol–water partition coefficient (Wildman–Crippen LogP) is 4.35. The van der Waals surface area contributed by atoms with E-state index in [1.807, 2.05) is 6.07 Å². The van der Waals surface area contributed by atoms with Gasteiger partial charge in [0.1, 0.15) is 0 Å². The molecule has 0 radical (unpaired) electrons. The Morgan fingerprint density at radius 1 is 1.07 bits per heavy atom. The first-order chi connectivity index (χ1) is 13.4. The number of carbonyl (C=O) groups is 1. The SMILES string of the molecule is O=C(NCC(F)F)C1(Cc2ccccc2-c2ccc(F)c(F)c2)CCOCC1. The zero-order valence-corrected chi connectivity index (χ0v) is 15.2. The van der Waals surface area contributed by atoms with Crippen LogP contribution >= 0.6 is 0 Å². The van der Waals surface area contributed by atoms with E-state index in [4.69, 9.17) is 4.74 Å². The number of hydrogen-bond acceptors (Lipinski definition) is 2. The standard InChI is InChI=1S/C21H21F4NO2/c22-17-6-5-14(11-18(17)23)16-4-2-1-3-15(16)12-21(7-9-28-10-8-21)20(27)26-13-19(24)25/h1-6,11,19H,7-10,12-13H2,(H,26,27). The smallest absolute Gasteiger partial charge is 0.255 e. The van der Waals surface area contributed by atoms with E-state index in [-0.39, 0.29) is 0 Å². The van der Waals surface area contributed by atoms with Gasteiger partial charge >= 0.3 is 0 Å². The fourth-order valence-electron chi connectivity index (χ4n) is 3.59. The van der Waals surface area contributed by atoms with E-state index in [0.29, 0.717) is 43.6 Å². The lowest BCUT2D eigenvalue weighted by molar-refractivity contribution is -0.137. The molecule has 1 saturated heterocycles. The molecule has 3 rings (SSSR count). The molecule has 1 aliphatic heterocycles. The molecule has 0 saturated carbocycles. The van der Waals surface area contributed by atoms with Crippen LogP contribution in [0.1, 0.15) is 18.4 Å². The van der Waals surface area contributed by atoms with Crippen molar-refractivity contribution in [1.29, 1.82) is 0 Å². The molecule has 1 N–H and O–H groups in total. The van der Waals surface area contributed by atoms with E-state index in [9.17, 15) is 22.4 Å². The zero-order valence-electron chi connectivity index (χ0n) is 15.2. The molecule has 150 valence electrons. The minimum Gasteiger partial charge on any atom is -0.381 e. The molecule has 0 aromatic heterocycles. The first-order valence-corrected chi connectivity index (χ1v) is 9.09. The zero-order chi connectivity index (χ0) is 20.1. The van der Waals surface area contributed by atoms with Crippen molar-refractivity contribution in [1.82, 2.24) is 5.32 Å². The van der Waals surface area contributed by atoms with Gasteiger partial charge in [-0.1, -0.05) is 30.3 Å². The fourth-order valence-corrected chi connectivity index (χ4v) is 3.59. The Bertz CT molecular complexity index is 835. The van der Waals surface area contributed by atoms with Crippen LogP contribution in [0.4, 0.5) is 17.6 Å². The lowest BCUT2D eigenvalue weighted by Gasteiger charge is -2.36. The third-order valence-corrected chi connectivity index (χ3v) is 5.13. The highest BCUT2D eigenvalue weighted by Crippen LogP contribution is 2.38. The molecule has 0 bridgehead atoms. The number of alkyl halides is 2. The molecular formula is C21H21F4NO2. The van der Waals surface area contributed by atoms with Gasteiger partial charge in [0.05, 0.1) is 12.0 Å². The van der Waals surface area contributed by atoms with Crippen LogP contribution in [-0.4, -0.2) is 32.1 Å². The molecule has 0 spiro atoms. The monoisotopic (exact) mass is 395 g/mol. The number of nitrogens with one attached hydrogen (secondary N) is 1. The lowest BCUT2D eigenvalue weighted by Crippen LogP contribution is -2.47. The van der Waals surface area contributed by atoms with Crippen LogP contribution in [0.3, 0.4) is 0 Å². The van der Waals surface area contributed by atoms with E-state index in [1.165, 1.54) is 6.07 Å².